The van der Waals surface area contributed by atoms with Crippen LogP contribution in [0.2, 0.25) is 0 Å². The zero-order valence-corrected chi connectivity index (χ0v) is 13.4. The number of nitrogens with two attached hydrogens (primary N) is 1. The predicted octanol–water partition coefficient (Wildman–Crippen LogP) is 3.77. The van der Waals surface area contributed by atoms with Gasteiger partial charge in [-0.1, -0.05) is 36.8 Å². The molecule has 116 valence electrons. The fraction of sp³-hybridized carbons (Fsp3) is 0.684. The number of benzene rings is 1. The Morgan fingerprint density at radius 2 is 1.90 bits per heavy atom. The van der Waals surface area contributed by atoms with Crippen molar-refractivity contribution in [3.8, 4) is 0 Å². The molecule has 0 aromatic heterocycles. The van der Waals surface area contributed by atoms with Crippen LogP contribution in [-0.2, 0) is 0 Å². The Balaban J connectivity index is 1.75. The molecule has 0 spiro atoms. The summed E-state index contributed by atoms with van der Waals surface area (Å²) in [6, 6.07) is 12.6. The van der Waals surface area contributed by atoms with Crippen LogP contribution < -0.4 is 5.73 Å². The van der Waals surface area contributed by atoms with Gasteiger partial charge in [-0.2, -0.15) is 0 Å². The summed E-state index contributed by atoms with van der Waals surface area (Å²) in [4.78, 5) is 2.79. The standard InChI is InChI=1S/C19H30N2/c1-15-7-5-6-12-21(15)19-13-17(10-11-18(19)14-20)16-8-3-2-4-9-16/h2-4,8-9,15,17-19H,5-7,10-14,20H2,1H3. The lowest BCUT2D eigenvalue weighted by Gasteiger charge is -2.47. The van der Waals surface area contributed by atoms with Crippen LogP contribution in [0.15, 0.2) is 30.3 Å². The quantitative estimate of drug-likeness (QED) is 0.916. The van der Waals surface area contributed by atoms with Gasteiger partial charge in [0, 0.05) is 12.1 Å². The van der Waals surface area contributed by atoms with E-state index in [-0.39, 0.29) is 0 Å². The van der Waals surface area contributed by atoms with Gasteiger partial charge in [-0.05, 0) is 69.5 Å². The fourth-order valence-corrected chi connectivity index (χ4v) is 4.53. The number of likely N-dealkylation sites (tertiary alicyclic amines) is 1. The molecule has 1 aromatic carbocycles. The van der Waals surface area contributed by atoms with Crippen molar-refractivity contribution in [2.45, 2.75) is 63.5 Å². The highest BCUT2D eigenvalue weighted by atomic mass is 15.2. The summed E-state index contributed by atoms with van der Waals surface area (Å²) in [6.45, 7) is 4.55. The highest BCUT2D eigenvalue weighted by molar-refractivity contribution is 5.20. The monoisotopic (exact) mass is 286 g/mol. The van der Waals surface area contributed by atoms with Crippen molar-refractivity contribution >= 4 is 0 Å². The highest BCUT2D eigenvalue weighted by Gasteiger charge is 2.36. The molecular formula is C19H30N2. The maximum atomic E-state index is 6.10. The van der Waals surface area contributed by atoms with E-state index in [1.54, 1.807) is 0 Å². The average molecular weight is 286 g/mol. The van der Waals surface area contributed by atoms with E-state index in [0.717, 1.165) is 18.5 Å². The maximum Gasteiger partial charge on any atom is 0.0144 e. The number of rotatable bonds is 3. The van der Waals surface area contributed by atoms with Gasteiger partial charge in [0.1, 0.15) is 0 Å². The first-order chi connectivity index (χ1) is 10.3. The molecule has 3 rings (SSSR count). The summed E-state index contributed by atoms with van der Waals surface area (Å²) in [6.07, 6.45) is 8.04. The molecule has 0 amide bonds. The molecule has 21 heavy (non-hydrogen) atoms. The molecule has 1 aromatic rings. The van der Waals surface area contributed by atoms with Crippen LogP contribution in [0.4, 0.5) is 0 Å². The van der Waals surface area contributed by atoms with Crippen LogP contribution >= 0.6 is 0 Å². The Bertz CT molecular complexity index is 430. The van der Waals surface area contributed by atoms with Gasteiger partial charge in [0.05, 0.1) is 0 Å². The van der Waals surface area contributed by atoms with E-state index in [1.807, 2.05) is 0 Å². The second-order valence-electron chi connectivity index (χ2n) is 7.07. The number of piperidine rings is 1. The smallest absolute Gasteiger partial charge is 0.0144 e. The van der Waals surface area contributed by atoms with Crippen LogP contribution in [0.3, 0.4) is 0 Å². The topological polar surface area (TPSA) is 29.3 Å². The van der Waals surface area contributed by atoms with Gasteiger partial charge in [-0.3, -0.25) is 4.90 Å². The maximum absolute atomic E-state index is 6.10. The molecule has 2 aliphatic rings. The van der Waals surface area contributed by atoms with E-state index in [9.17, 15) is 0 Å². The van der Waals surface area contributed by atoms with Crippen molar-refractivity contribution in [3.05, 3.63) is 35.9 Å². The third-order valence-electron chi connectivity index (χ3n) is 5.81. The number of nitrogens with zero attached hydrogens (tertiary/aromatic N) is 1. The summed E-state index contributed by atoms with van der Waals surface area (Å²) in [7, 11) is 0. The van der Waals surface area contributed by atoms with Crippen LogP contribution in [0.1, 0.15) is 56.9 Å². The molecule has 4 atom stereocenters. The molecule has 1 aliphatic carbocycles. The second-order valence-corrected chi connectivity index (χ2v) is 7.07. The van der Waals surface area contributed by atoms with E-state index < -0.39 is 0 Å². The highest BCUT2D eigenvalue weighted by Crippen LogP contribution is 2.39. The first kappa shape index (κ1) is 15.1. The van der Waals surface area contributed by atoms with Gasteiger partial charge < -0.3 is 5.73 Å². The first-order valence-corrected chi connectivity index (χ1v) is 8.80. The van der Waals surface area contributed by atoms with E-state index in [2.05, 4.69) is 42.2 Å². The number of hydrogen-bond acceptors (Lipinski definition) is 2. The first-order valence-electron chi connectivity index (χ1n) is 8.80. The molecule has 2 N–H and O–H groups in total. The molecule has 0 radical (unpaired) electrons. The minimum absolute atomic E-state index is 0.698. The van der Waals surface area contributed by atoms with Crippen LogP contribution in [-0.4, -0.2) is 30.1 Å². The molecule has 2 fully saturated rings. The van der Waals surface area contributed by atoms with E-state index in [4.69, 9.17) is 5.73 Å². The van der Waals surface area contributed by atoms with Crippen molar-refractivity contribution in [1.82, 2.24) is 4.90 Å². The van der Waals surface area contributed by atoms with Crippen LogP contribution in [0.25, 0.3) is 0 Å². The van der Waals surface area contributed by atoms with Gasteiger partial charge in [0.15, 0.2) is 0 Å². The molecule has 1 aliphatic heterocycles. The Labute approximate surface area is 129 Å². The lowest BCUT2D eigenvalue weighted by Crippen LogP contribution is -2.51. The molecule has 2 nitrogen and oxygen atoms in total. The van der Waals surface area contributed by atoms with Gasteiger partial charge in [0.2, 0.25) is 0 Å². The Hall–Kier alpha value is -0.860. The van der Waals surface area contributed by atoms with Crippen molar-refractivity contribution in [2.75, 3.05) is 13.1 Å². The third kappa shape index (κ3) is 3.32. The molecular weight excluding hydrogens is 256 g/mol. The van der Waals surface area contributed by atoms with Crippen molar-refractivity contribution in [1.29, 1.82) is 0 Å². The Kier molecular flexibility index (Phi) is 4.97. The SMILES string of the molecule is CC1CCCCN1C1CC(c2ccccc2)CCC1CN. The molecule has 1 saturated carbocycles. The van der Waals surface area contributed by atoms with Crippen LogP contribution in [0.5, 0.6) is 0 Å². The Morgan fingerprint density at radius 3 is 2.62 bits per heavy atom. The minimum Gasteiger partial charge on any atom is -0.330 e. The fourth-order valence-electron chi connectivity index (χ4n) is 4.53. The summed E-state index contributed by atoms with van der Waals surface area (Å²) < 4.78 is 0. The van der Waals surface area contributed by atoms with E-state index in [1.165, 1.54) is 50.6 Å². The van der Waals surface area contributed by atoms with Crippen molar-refractivity contribution in [2.24, 2.45) is 11.7 Å². The molecule has 1 heterocycles. The average Bonchev–Trinajstić information content (AvgIpc) is 2.55. The minimum atomic E-state index is 0.698. The summed E-state index contributed by atoms with van der Waals surface area (Å²) in [5.74, 6) is 1.43. The number of hydrogen-bond donors (Lipinski definition) is 1. The molecule has 1 saturated heterocycles. The zero-order chi connectivity index (χ0) is 14.7. The van der Waals surface area contributed by atoms with Gasteiger partial charge in [-0.15, -0.1) is 0 Å². The van der Waals surface area contributed by atoms with Crippen molar-refractivity contribution in [3.63, 3.8) is 0 Å². The third-order valence-corrected chi connectivity index (χ3v) is 5.81. The summed E-state index contributed by atoms with van der Waals surface area (Å²) in [5, 5.41) is 0. The van der Waals surface area contributed by atoms with E-state index >= 15 is 0 Å². The summed E-state index contributed by atoms with van der Waals surface area (Å²) >= 11 is 0. The zero-order valence-electron chi connectivity index (χ0n) is 13.4. The van der Waals surface area contributed by atoms with Crippen molar-refractivity contribution < 1.29 is 0 Å². The Morgan fingerprint density at radius 1 is 1.10 bits per heavy atom. The lowest BCUT2D eigenvalue weighted by molar-refractivity contribution is 0.0425. The predicted molar refractivity (Wildman–Crippen MR) is 89.4 cm³/mol. The second kappa shape index (κ2) is 6.93. The lowest BCUT2D eigenvalue weighted by atomic mass is 9.74. The van der Waals surface area contributed by atoms with Gasteiger partial charge >= 0.3 is 0 Å². The molecule has 4 unspecified atom stereocenters. The van der Waals surface area contributed by atoms with Crippen LogP contribution in [0, 0.1) is 5.92 Å². The molecule has 0 bridgehead atoms. The van der Waals surface area contributed by atoms with Gasteiger partial charge in [-0.25, -0.2) is 0 Å². The normalized spacial score (nSPS) is 34.8. The molecule has 2 heteroatoms. The van der Waals surface area contributed by atoms with Gasteiger partial charge in [0.25, 0.3) is 0 Å². The summed E-state index contributed by atoms with van der Waals surface area (Å²) in [5.41, 5.74) is 7.63. The largest absolute Gasteiger partial charge is 0.330 e. The van der Waals surface area contributed by atoms with E-state index in [0.29, 0.717) is 12.0 Å².